The first-order valence-corrected chi connectivity index (χ1v) is 9.48. The van der Waals surface area contributed by atoms with Crippen LogP contribution in [0.15, 0.2) is 66.3 Å². The number of nitrogens with one attached hydrogen (secondary N) is 2. The van der Waals surface area contributed by atoms with Gasteiger partial charge in [-0.3, -0.25) is 15.6 Å². The van der Waals surface area contributed by atoms with E-state index in [1.54, 1.807) is 12.1 Å². The molecule has 2 N–H and O–H groups in total. The second-order valence-electron chi connectivity index (χ2n) is 5.68. The number of aromatic nitrogens is 3. The van der Waals surface area contributed by atoms with Crippen molar-refractivity contribution in [1.82, 2.24) is 25.6 Å². The second-order valence-corrected chi connectivity index (χ2v) is 7.06. The van der Waals surface area contributed by atoms with Gasteiger partial charge in [0.05, 0.1) is 11.4 Å². The number of nitrogens with zero attached hydrogens (tertiary/aromatic N) is 3. The fourth-order valence-corrected chi connectivity index (χ4v) is 3.15. The molecule has 0 aliphatic heterocycles. The van der Waals surface area contributed by atoms with Gasteiger partial charge in [0, 0.05) is 17.6 Å². The molecule has 0 fully saturated rings. The number of halogens is 1. The summed E-state index contributed by atoms with van der Waals surface area (Å²) in [5.74, 6) is 0.722. The zero-order chi connectivity index (χ0) is 19.2. The maximum atomic E-state index is 12.1. The molecule has 3 rings (SSSR count). The van der Waals surface area contributed by atoms with Crippen LogP contribution in [0.2, 0.25) is 5.02 Å². The molecule has 6 nitrogen and oxygen atoms in total. The molecule has 0 saturated carbocycles. The molecular weight excluding hydrogens is 382 g/mol. The van der Waals surface area contributed by atoms with Crippen LogP contribution in [0.25, 0.3) is 17.1 Å². The van der Waals surface area contributed by atoms with Gasteiger partial charge in [0.1, 0.15) is 0 Å². The number of rotatable bonds is 7. The van der Waals surface area contributed by atoms with Gasteiger partial charge < -0.3 is 4.57 Å². The van der Waals surface area contributed by atoms with Crippen molar-refractivity contribution in [1.29, 1.82) is 0 Å². The van der Waals surface area contributed by atoms with Crippen LogP contribution in [0, 0.1) is 0 Å². The molecule has 1 amide bonds. The normalized spacial score (nSPS) is 10.4. The van der Waals surface area contributed by atoms with E-state index in [1.807, 2.05) is 54.1 Å². The quantitative estimate of drug-likeness (QED) is 0.470. The third-order valence-electron chi connectivity index (χ3n) is 3.74. The summed E-state index contributed by atoms with van der Waals surface area (Å²) in [6.45, 7) is 3.90. The van der Waals surface area contributed by atoms with Crippen LogP contribution in [0.3, 0.4) is 0 Å². The van der Waals surface area contributed by atoms with Crippen molar-refractivity contribution in [2.45, 2.75) is 5.16 Å². The number of carbonyl (C=O) groups is 1. The van der Waals surface area contributed by atoms with Crippen LogP contribution in [-0.4, -0.2) is 26.4 Å². The highest BCUT2D eigenvalue weighted by atomic mass is 35.5. The Balaban J connectivity index is 1.53. The van der Waals surface area contributed by atoms with E-state index in [4.69, 9.17) is 11.6 Å². The molecule has 1 heterocycles. The van der Waals surface area contributed by atoms with E-state index in [0.717, 1.165) is 11.1 Å². The molecule has 2 aromatic carbocycles. The van der Waals surface area contributed by atoms with Gasteiger partial charge in [-0.1, -0.05) is 60.3 Å². The van der Waals surface area contributed by atoms with Crippen LogP contribution in [0.4, 0.5) is 0 Å². The largest absolute Gasteiger partial charge is 0.305 e. The molecule has 138 valence electrons. The highest BCUT2D eigenvalue weighted by Crippen LogP contribution is 2.23. The van der Waals surface area contributed by atoms with Crippen molar-refractivity contribution >= 4 is 35.0 Å². The number of carbonyl (C=O) groups excluding carboxylic acids is 1. The first-order valence-electron chi connectivity index (χ1n) is 8.12. The topological polar surface area (TPSA) is 71.8 Å². The summed E-state index contributed by atoms with van der Waals surface area (Å²) in [5.41, 5.74) is 7.90. The molecule has 3 aromatic rings. The summed E-state index contributed by atoms with van der Waals surface area (Å²) >= 11 is 7.22. The van der Waals surface area contributed by atoms with E-state index < -0.39 is 0 Å². The zero-order valence-electron chi connectivity index (χ0n) is 14.6. The van der Waals surface area contributed by atoms with Crippen molar-refractivity contribution < 1.29 is 4.79 Å². The highest BCUT2D eigenvalue weighted by molar-refractivity contribution is 7.99. The van der Waals surface area contributed by atoms with E-state index in [9.17, 15) is 4.79 Å². The minimum absolute atomic E-state index is 0.187. The first-order chi connectivity index (χ1) is 13.0. The average Bonchev–Trinajstić information content (AvgIpc) is 3.06. The van der Waals surface area contributed by atoms with E-state index in [-0.39, 0.29) is 11.7 Å². The Morgan fingerprint density at radius 1 is 1.11 bits per heavy atom. The lowest BCUT2D eigenvalue weighted by atomic mass is 10.2. The van der Waals surface area contributed by atoms with E-state index >= 15 is 0 Å². The fraction of sp³-hybridized carbons (Fsp3) is 0.105. The third-order valence-corrected chi connectivity index (χ3v) is 5.02. The monoisotopic (exact) mass is 399 g/mol. The number of hydrazine groups is 1. The Labute approximate surface area is 166 Å². The van der Waals surface area contributed by atoms with Crippen LogP contribution in [0.1, 0.15) is 5.56 Å². The molecule has 0 radical (unpaired) electrons. The molecule has 0 unspecified atom stereocenters. The zero-order valence-corrected chi connectivity index (χ0v) is 16.2. The number of thioether (sulfide) groups is 1. The molecule has 1 aromatic heterocycles. The fourth-order valence-electron chi connectivity index (χ4n) is 2.31. The molecule has 0 spiro atoms. The minimum atomic E-state index is -0.187. The van der Waals surface area contributed by atoms with Crippen molar-refractivity contribution in [2.75, 3.05) is 5.75 Å². The molecule has 0 aliphatic rings. The Morgan fingerprint density at radius 2 is 1.81 bits per heavy atom. The molecule has 0 atom stereocenters. The summed E-state index contributed by atoms with van der Waals surface area (Å²) in [6, 6.07) is 16.9. The molecule has 8 heteroatoms. The molecule has 0 saturated heterocycles. The van der Waals surface area contributed by atoms with Gasteiger partial charge in [-0.15, -0.1) is 10.2 Å². The summed E-state index contributed by atoms with van der Waals surface area (Å²) in [4.78, 5) is 12.1. The number of amides is 1. The number of hydrogen-bond donors (Lipinski definition) is 2. The van der Waals surface area contributed by atoms with Crippen molar-refractivity contribution in [2.24, 2.45) is 7.05 Å². The van der Waals surface area contributed by atoms with Gasteiger partial charge in [0.2, 0.25) is 5.91 Å². The summed E-state index contributed by atoms with van der Waals surface area (Å²) in [7, 11) is 1.86. The van der Waals surface area contributed by atoms with Crippen molar-refractivity contribution in [3.63, 3.8) is 0 Å². The summed E-state index contributed by atoms with van der Waals surface area (Å²) in [6.07, 6.45) is 0. The second kappa shape index (κ2) is 8.75. The van der Waals surface area contributed by atoms with E-state index in [2.05, 4.69) is 27.6 Å². The van der Waals surface area contributed by atoms with Crippen molar-refractivity contribution in [3.05, 3.63) is 71.8 Å². The highest BCUT2D eigenvalue weighted by Gasteiger charge is 2.13. The first kappa shape index (κ1) is 19.0. The lowest BCUT2D eigenvalue weighted by Gasteiger charge is -2.11. The van der Waals surface area contributed by atoms with E-state index in [1.165, 1.54) is 11.8 Å². The van der Waals surface area contributed by atoms with Crippen LogP contribution < -0.4 is 10.9 Å². The van der Waals surface area contributed by atoms with Gasteiger partial charge >= 0.3 is 0 Å². The third kappa shape index (κ3) is 4.90. The lowest BCUT2D eigenvalue weighted by Crippen LogP contribution is -2.37. The predicted molar refractivity (Wildman–Crippen MR) is 109 cm³/mol. The lowest BCUT2D eigenvalue weighted by molar-refractivity contribution is -0.119. The Hall–Kier alpha value is -2.77. The molecular formula is C19H18ClN5OS. The standard InChI is InChI=1S/C19H18ClN5OS/c1-13(14-6-4-3-5-7-14)21-22-17(26)12-27-19-24-23-18(25(19)2)15-8-10-16(20)11-9-15/h3-11,21H,1,12H2,2H3,(H,22,26). The SMILES string of the molecule is C=C(NNC(=O)CSc1nnc(-c2ccc(Cl)cc2)n1C)c1ccccc1. The minimum Gasteiger partial charge on any atom is -0.305 e. The van der Waals surface area contributed by atoms with Gasteiger partial charge in [-0.05, 0) is 29.8 Å². The number of hydrogen-bond acceptors (Lipinski definition) is 5. The maximum Gasteiger partial charge on any atom is 0.248 e. The van der Waals surface area contributed by atoms with Gasteiger partial charge in [-0.2, -0.15) is 0 Å². The predicted octanol–water partition coefficient (Wildman–Crippen LogP) is 3.52. The Morgan fingerprint density at radius 3 is 2.52 bits per heavy atom. The average molecular weight is 400 g/mol. The Kier molecular flexibility index (Phi) is 6.16. The summed E-state index contributed by atoms with van der Waals surface area (Å²) in [5, 5.41) is 9.66. The van der Waals surface area contributed by atoms with Crippen LogP contribution in [-0.2, 0) is 11.8 Å². The molecule has 0 bridgehead atoms. The van der Waals surface area contributed by atoms with Gasteiger partial charge in [0.25, 0.3) is 0 Å². The van der Waals surface area contributed by atoms with Gasteiger partial charge in [-0.25, -0.2) is 0 Å². The molecule has 27 heavy (non-hydrogen) atoms. The van der Waals surface area contributed by atoms with Gasteiger partial charge in [0.15, 0.2) is 11.0 Å². The molecule has 0 aliphatic carbocycles. The number of benzene rings is 2. The Bertz CT molecular complexity index is 940. The maximum absolute atomic E-state index is 12.1. The van der Waals surface area contributed by atoms with E-state index in [0.29, 0.717) is 21.7 Å². The smallest absolute Gasteiger partial charge is 0.248 e. The van der Waals surface area contributed by atoms with Crippen LogP contribution >= 0.6 is 23.4 Å². The van der Waals surface area contributed by atoms with Crippen LogP contribution in [0.5, 0.6) is 0 Å². The summed E-state index contributed by atoms with van der Waals surface area (Å²) < 4.78 is 1.84. The van der Waals surface area contributed by atoms with Crippen molar-refractivity contribution in [3.8, 4) is 11.4 Å².